The van der Waals surface area contributed by atoms with E-state index in [4.69, 9.17) is 16.5 Å². The predicted molar refractivity (Wildman–Crippen MR) is 229 cm³/mol. The zero-order valence-electron chi connectivity index (χ0n) is 29.6. The van der Waals surface area contributed by atoms with E-state index in [2.05, 4.69) is 155 Å². The third-order valence-corrected chi connectivity index (χ3v) is 11.0. The molecule has 0 unspecified atom stereocenters. The highest BCUT2D eigenvalue weighted by Crippen LogP contribution is 2.41. The Labute approximate surface area is 317 Å². The second-order valence-corrected chi connectivity index (χ2v) is 14.1. The lowest BCUT2D eigenvalue weighted by atomic mass is 9.92. The molecule has 0 saturated carbocycles. The summed E-state index contributed by atoms with van der Waals surface area (Å²) >= 11 is 0. The van der Waals surface area contributed by atoms with Gasteiger partial charge in [0.15, 0.2) is 5.69 Å². The molecular weight excluding hydrogens is 669 g/mol. The first-order valence-electron chi connectivity index (χ1n) is 18.4. The van der Waals surface area contributed by atoms with Gasteiger partial charge in [0.05, 0.1) is 34.3 Å². The molecule has 0 aliphatic rings. The van der Waals surface area contributed by atoms with E-state index in [0.29, 0.717) is 5.69 Å². The molecule has 11 aromatic rings. The van der Waals surface area contributed by atoms with E-state index in [1.165, 1.54) is 10.8 Å². The molecule has 3 heterocycles. The van der Waals surface area contributed by atoms with Gasteiger partial charge in [-0.25, -0.2) is 9.83 Å². The maximum atomic E-state index is 7.67. The summed E-state index contributed by atoms with van der Waals surface area (Å²) < 4.78 is 2.28. The summed E-state index contributed by atoms with van der Waals surface area (Å²) in [5.74, 6) is 0. The van der Waals surface area contributed by atoms with Gasteiger partial charge in [-0.1, -0.05) is 127 Å². The largest absolute Gasteiger partial charge is 0.309 e. The molecule has 254 valence electrons. The first kappa shape index (κ1) is 31.0. The van der Waals surface area contributed by atoms with Gasteiger partial charge in [-0.3, -0.25) is 4.98 Å². The molecule has 0 aliphatic carbocycles. The topological polar surface area (TPSA) is 35.1 Å². The van der Waals surface area contributed by atoms with E-state index in [1.807, 2.05) is 36.5 Å². The van der Waals surface area contributed by atoms with Crippen LogP contribution in [0.5, 0.6) is 0 Å². The second-order valence-electron chi connectivity index (χ2n) is 14.1. The monoisotopic (exact) mass is 698 g/mol. The van der Waals surface area contributed by atoms with Crippen molar-refractivity contribution in [2.75, 3.05) is 0 Å². The van der Waals surface area contributed by atoms with Crippen molar-refractivity contribution >= 4 is 70.8 Å². The molecule has 0 radical (unpaired) electrons. The SMILES string of the molecule is [C-]#[N+]c1ccc2c(c1)c1cc(-c3ccc(-c4ccc5c(c4)nc(-c4ccccc4)c4ccc6ccc7cccnc7c6c45)cc3)ccc1n2-c1ccccc1. The zero-order valence-corrected chi connectivity index (χ0v) is 29.6. The first-order chi connectivity index (χ1) is 27.2. The van der Waals surface area contributed by atoms with Crippen LogP contribution in [0, 0.1) is 6.57 Å². The van der Waals surface area contributed by atoms with E-state index >= 15 is 0 Å². The summed E-state index contributed by atoms with van der Waals surface area (Å²) in [5, 5.41) is 9.07. The van der Waals surface area contributed by atoms with Crippen LogP contribution in [0.15, 0.2) is 182 Å². The fraction of sp³-hybridized carbons (Fsp3) is 0. The predicted octanol–water partition coefficient (Wildman–Crippen LogP) is 13.7. The van der Waals surface area contributed by atoms with Crippen molar-refractivity contribution < 1.29 is 0 Å². The van der Waals surface area contributed by atoms with Gasteiger partial charge in [-0.2, -0.15) is 0 Å². The number of hydrogen-bond donors (Lipinski definition) is 0. The Balaban J connectivity index is 1.05. The average molecular weight is 699 g/mol. The Hall–Kier alpha value is -7.61. The van der Waals surface area contributed by atoms with Crippen LogP contribution in [0.25, 0.3) is 109 Å². The maximum Gasteiger partial charge on any atom is 0.188 e. The number of hydrogen-bond acceptors (Lipinski definition) is 2. The van der Waals surface area contributed by atoms with E-state index in [1.54, 1.807) is 0 Å². The number of nitrogens with zero attached hydrogens (tertiary/aromatic N) is 4. The maximum absolute atomic E-state index is 7.67. The minimum Gasteiger partial charge on any atom is -0.309 e. The normalized spacial score (nSPS) is 11.6. The van der Waals surface area contributed by atoms with Crippen LogP contribution in [-0.2, 0) is 0 Å². The lowest BCUT2D eigenvalue weighted by Gasteiger charge is -2.15. The number of para-hydroxylation sites is 1. The fourth-order valence-electron chi connectivity index (χ4n) is 8.41. The molecule has 0 saturated heterocycles. The number of fused-ring (bicyclic) bond motifs is 10. The minimum absolute atomic E-state index is 0.640. The summed E-state index contributed by atoms with van der Waals surface area (Å²) in [4.78, 5) is 14.0. The molecule has 0 atom stereocenters. The van der Waals surface area contributed by atoms with Crippen molar-refractivity contribution in [1.82, 2.24) is 14.5 Å². The Kier molecular flexibility index (Phi) is 6.89. The van der Waals surface area contributed by atoms with Crippen LogP contribution in [0.4, 0.5) is 5.69 Å². The zero-order chi connectivity index (χ0) is 36.5. The van der Waals surface area contributed by atoms with Gasteiger partial charge < -0.3 is 4.57 Å². The van der Waals surface area contributed by atoms with Crippen LogP contribution in [0.3, 0.4) is 0 Å². The van der Waals surface area contributed by atoms with Gasteiger partial charge in [0.2, 0.25) is 0 Å². The van der Waals surface area contributed by atoms with E-state index in [-0.39, 0.29) is 0 Å². The summed E-state index contributed by atoms with van der Waals surface area (Å²) in [7, 11) is 0. The average Bonchev–Trinajstić information content (AvgIpc) is 3.59. The first-order valence-corrected chi connectivity index (χ1v) is 18.4. The van der Waals surface area contributed by atoms with Crippen LogP contribution < -0.4 is 0 Å². The molecule has 0 amide bonds. The Morgan fingerprint density at radius 3 is 1.87 bits per heavy atom. The quantitative estimate of drug-likeness (QED) is 0.135. The number of aromatic nitrogens is 3. The Morgan fingerprint density at radius 2 is 1.09 bits per heavy atom. The van der Waals surface area contributed by atoms with E-state index < -0.39 is 0 Å². The lowest BCUT2D eigenvalue weighted by molar-refractivity contribution is 1.18. The summed E-state index contributed by atoms with van der Waals surface area (Å²) in [6.07, 6.45) is 1.89. The Bertz CT molecular complexity index is 3360. The molecule has 4 heteroatoms. The third-order valence-electron chi connectivity index (χ3n) is 11.0. The van der Waals surface area contributed by atoms with Crippen molar-refractivity contribution in [1.29, 1.82) is 0 Å². The minimum atomic E-state index is 0.640. The van der Waals surface area contributed by atoms with Crippen molar-refractivity contribution in [3.63, 3.8) is 0 Å². The van der Waals surface area contributed by atoms with Crippen LogP contribution in [0.1, 0.15) is 0 Å². The molecule has 0 N–H and O–H groups in total. The van der Waals surface area contributed by atoms with Crippen molar-refractivity contribution in [3.05, 3.63) is 194 Å². The van der Waals surface area contributed by atoms with Crippen LogP contribution >= 0.6 is 0 Å². The molecule has 8 aromatic carbocycles. The van der Waals surface area contributed by atoms with Crippen LogP contribution in [-0.4, -0.2) is 14.5 Å². The van der Waals surface area contributed by atoms with Crippen molar-refractivity contribution in [3.8, 4) is 39.2 Å². The molecule has 0 spiro atoms. The summed E-state index contributed by atoms with van der Waals surface area (Å²) in [6, 6.07) is 62.0. The van der Waals surface area contributed by atoms with Gasteiger partial charge in [0.1, 0.15) is 0 Å². The standard InChI is InChI=1S/C51H30N4/c1-52-39-23-27-47-44(31-39)43-29-37(22-26-46(43)55(47)40-12-6-3-7-13-40)32-14-16-33(17-15-32)38-21-24-41-45(30-38)54-50(35-9-4-2-5-10-35)42-25-20-34-18-19-36-11-8-28-53-51(36)48(34)49(41)42/h2-31H. The van der Waals surface area contributed by atoms with Gasteiger partial charge >= 0.3 is 0 Å². The third kappa shape index (κ3) is 4.91. The molecular formula is C51H30N4. The summed E-state index contributed by atoms with van der Waals surface area (Å²) in [6.45, 7) is 7.67. The highest BCUT2D eigenvalue weighted by molar-refractivity contribution is 6.28. The molecule has 0 bridgehead atoms. The molecule has 0 fully saturated rings. The second kappa shape index (κ2) is 12.2. The van der Waals surface area contributed by atoms with Gasteiger partial charge in [0.25, 0.3) is 0 Å². The fourth-order valence-corrected chi connectivity index (χ4v) is 8.41. The van der Waals surface area contributed by atoms with Gasteiger partial charge in [-0.05, 0) is 81.6 Å². The number of rotatable bonds is 4. The van der Waals surface area contributed by atoms with Crippen molar-refractivity contribution in [2.24, 2.45) is 0 Å². The number of benzene rings is 8. The van der Waals surface area contributed by atoms with Crippen molar-refractivity contribution in [2.45, 2.75) is 0 Å². The lowest BCUT2D eigenvalue weighted by Crippen LogP contribution is -1.93. The highest BCUT2D eigenvalue weighted by atomic mass is 15.0. The van der Waals surface area contributed by atoms with Crippen LogP contribution in [0.2, 0.25) is 0 Å². The van der Waals surface area contributed by atoms with E-state index in [9.17, 15) is 0 Å². The Morgan fingerprint density at radius 1 is 0.455 bits per heavy atom. The molecule has 3 aromatic heterocycles. The molecule has 0 aliphatic heterocycles. The molecule has 55 heavy (non-hydrogen) atoms. The van der Waals surface area contributed by atoms with Gasteiger partial charge in [0, 0.05) is 49.8 Å². The molecule has 11 rings (SSSR count). The van der Waals surface area contributed by atoms with E-state index in [0.717, 1.165) is 93.6 Å². The number of pyridine rings is 2. The smallest absolute Gasteiger partial charge is 0.188 e. The molecule has 4 nitrogen and oxygen atoms in total. The highest BCUT2D eigenvalue weighted by Gasteiger charge is 2.17. The summed E-state index contributed by atoms with van der Waals surface area (Å²) in [5.41, 5.74) is 12.5. The van der Waals surface area contributed by atoms with Gasteiger partial charge in [-0.15, -0.1) is 0 Å².